The third-order valence-corrected chi connectivity index (χ3v) is 7.66. The van der Waals surface area contributed by atoms with Gasteiger partial charge in [0.05, 0.1) is 17.9 Å². The topological polar surface area (TPSA) is 113 Å². The van der Waals surface area contributed by atoms with Crippen LogP contribution in [0.4, 0.5) is 10.2 Å². The molecule has 2 aromatic carbocycles. The van der Waals surface area contributed by atoms with E-state index in [-0.39, 0.29) is 34.6 Å². The average molecular weight is 602 g/mol. The molecule has 9 heteroatoms. The van der Waals surface area contributed by atoms with Crippen LogP contribution in [0, 0.1) is 12.7 Å². The fourth-order valence-corrected chi connectivity index (χ4v) is 5.18. The van der Waals surface area contributed by atoms with Crippen molar-refractivity contribution in [1.82, 2.24) is 9.88 Å². The minimum Gasteiger partial charge on any atom is -0.498 e. The molecule has 1 atom stereocenters. The molecule has 4 rings (SSSR count). The Bertz CT molecular complexity index is 1590. The van der Waals surface area contributed by atoms with Gasteiger partial charge >= 0.3 is 5.97 Å². The van der Waals surface area contributed by atoms with Crippen molar-refractivity contribution in [2.75, 3.05) is 18.9 Å². The lowest BCUT2D eigenvalue weighted by Gasteiger charge is -2.20. The summed E-state index contributed by atoms with van der Waals surface area (Å²) < 4.78 is 26.6. The molecule has 1 aliphatic rings. The summed E-state index contributed by atoms with van der Waals surface area (Å²) in [6.45, 7) is 6.03. The van der Waals surface area contributed by atoms with Gasteiger partial charge in [0.15, 0.2) is 5.78 Å². The van der Waals surface area contributed by atoms with Crippen molar-refractivity contribution < 1.29 is 23.5 Å². The largest absolute Gasteiger partial charge is 0.498 e. The molecule has 1 fully saturated rings. The van der Waals surface area contributed by atoms with Crippen LogP contribution in [0.3, 0.4) is 0 Å². The van der Waals surface area contributed by atoms with Crippen LogP contribution >= 0.6 is 0 Å². The van der Waals surface area contributed by atoms with E-state index in [0.29, 0.717) is 36.6 Å². The molecule has 3 N–H and O–H groups in total. The lowest BCUT2D eigenvalue weighted by atomic mass is 10.0. The second kappa shape index (κ2) is 15.3. The number of anilines is 1. The van der Waals surface area contributed by atoms with Crippen molar-refractivity contribution in [1.29, 1.82) is 0 Å². The van der Waals surface area contributed by atoms with E-state index in [4.69, 9.17) is 15.2 Å². The molecule has 8 nitrogen and oxygen atoms in total. The number of pyridine rings is 1. The maximum Gasteiger partial charge on any atom is 0.328 e. The van der Waals surface area contributed by atoms with Gasteiger partial charge in [0, 0.05) is 17.3 Å². The summed E-state index contributed by atoms with van der Waals surface area (Å²) in [6, 6.07) is 15.8. The molecule has 0 bridgehead atoms. The van der Waals surface area contributed by atoms with Gasteiger partial charge in [-0.1, -0.05) is 30.3 Å². The van der Waals surface area contributed by atoms with Gasteiger partial charge in [0.1, 0.15) is 23.8 Å². The van der Waals surface area contributed by atoms with Crippen LogP contribution in [0.25, 0.3) is 5.70 Å². The Labute approximate surface area is 257 Å². The van der Waals surface area contributed by atoms with Gasteiger partial charge in [-0.3, -0.25) is 14.2 Å². The van der Waals surface area contributed by atoms with Gasteiger partial charge < -0.3 is 20.5 Å². The summed E-state index contributed by atoms with van der Waals surface area (Å²) in [5.74, 6) is -0.457. The van der Waals surface area contributed by atoms with E-state index in [1.54, 1.807) is 32.9 Å². The van der Waals surface area contributed by atoms with E-state index in [0.717, 1.165) is 31.2 Å². The van der Waals surface area contributed by atoms with Crippen LogP contribution in [0.15, 0.2) is 83.4 Å². The minimum absolute atomic E-state index is 0.00335. The van der Waals surface area contributed by atoms with Crippen LogP contribution in [0.1, 0.15) is 79.0 Å². The van der Waals surface area contributed by atoms with E-state index in [2.05, 4.69) is 5.32 Å². The van der Waals surface area contributed by atoms with Gasteiger partial charge in [0.25, 0.3) is 5.56 Å². The van der Waals surface area contributed by atoms with Crippen molar-refractivity contribution in [3.63, 3.8) is 0 Å². The van der Waals surface area contributed by atoms with E-state index in [9.17, 15) is 18.8 Å². The van der Waals surface area contributed by atoms with Gasteiger partial charge in [-0.25, -0.2) is 9.18 Å². The van der Waals surface area contributed by atoms with E-state index >= 15 is 0 Å². The highest BCUT2D eigenvalue weighted by Crippen LogP contribution is 2.24. The van der Waals surface area contributed by atoms with E-state index < -0.39 is 17.6 Å². The summed E-state index contributed by atoms with van der Waals surface area (Å²) in [5, 5.41) is 3.32. The average Bonchev–Trinajstić information content (AvgIpc) is 3.52. The summed E-state index contributed by atoms with van der Waals surface area (Å²) in [6.07, 6.45) is 8.07. The number of carbonyl (C=O) groups excluding carboxylic acids is 2. The molecule has 0 radical (unpaired) electrons. The number of nitrogen functional groups attached to an aromatic ring is 1. The number of hydrogen-bond donors (Lipinski definition) is 2. The van der Waals surface area contributed by atoms with Crippen LogP contribution in [0.2, 0.25) is 0 Å². The molecule has 0 aliphatic heterocycles. The maximum atomic E-state index is 13.7. The molecular formula is C35H40FN3O5. The molecule has 0 spiro atoms. The first-order valence-corrected chi connectivity index (χ1v) is 14.9. The number of nitrogens with two attached hydrogens (primary N) is 1. The molecule has 0 amide bonds. The molecule has 1 aromatic heterocycles. The highest BCUT2D eigenvalue weighted by Gasteiger charge is 2.26. The van der Waals surface area contributed by atoms with Crippen molar-refractivity contribution in [3.05, 3.63) is 117 Å². The number of ketones is 1. The molecule has 0 unspecified atom stereocenters. The van der Waals surface area contributed by atoms with Gasteiger partial charge in [0.2, 0.25) is 0 Å². The van der Waals surface area contributed by atoms with Crippen molar-refractivity contribution in [3.8, 4) is 0 Å². The Hall–Kier alpha value is -4.50. The minimum atomic E-state index is -0.544. The Morgan fingerprint density at radius 2 is 1.80 bits per heavy atom. The van der Waals surface area contributed by atoms with E-state index in [1.807, 2.05) is 30.3 Å². The smallest absolute Gasteiger partial charge is 0.328 e. The number of ether oxygens (including phenoxy) is 2. The number of carbonyl (C=O) groups is 2. The van der Waals surface area contributed by atoms with Crippen molar-refractivity contribution in [2.45, 2.75) is 65.0 Å². The third-order valence-electron chi connectivity index (χ3n) is 7.66. The third kappa shape index (κ3) is 8.32. The molecule has 1 saturated carbocycles. The van der Waals surface area contributed by atoms with Crippen LogP contribution in [0.5, 0.6) is 0 Å². The molecule has 3 aromatic rings. The van der Waals surface area contributed by atoms with Crippen molar-refractivity contribution in [2.24, 2.45) is 0 Å². The first-order chi connectivity index (χ1) is 21.2. The number of halogens is 1. The van der Waals surface area contributed by atoms with Gasteiger partial charge in [-0.15, -0.1) is 0 Å². The number of aromatic nitrogens is 1. The Kier molecular flexibility index (Phi) is 11.3. The molecular weight excluding hydrogens is 561 g/mol. The predicted molar refractivity (Wildman–Crippen MR) is 169 cm³/mol. The summed E-state index contributed by atoms with van der Waals surface area (Å²) in [5.41, 5.74) is 8.01. The molecule has 44 heavy (non-hydrogen) atoms. The highest BCUT2D eigenvalue weighted by molar-refractivity contribution is 6.11. The van der Waals surface area contributed by atoms with Crippen LogP contribution < -0.4 is 16.6 Å². The molecule has 232 valence electrons. The molecule has 0 saturated heterocycles. The number of esters is 1. The van der Waals surface area contributed by atoms with Crippen LogP contribution in [-0.4, -0.2) is 35.6 Å². The number of benzene rings is 2. The first-order valence-electron chi connectivity index (χ1n) is 14.9. The number of nitrogens with one attached hydrogen (secondary N) is 1. The SMILES string of the molecule is C/C(=C\C=C(/C)n1c(N)c(C(=O)c2ccc(F)c(C)c2)ccc1=O)OCCCN[C@H](C(=O)OC1CCCC1)c1ccccc1. The fourth-order valence-electron chi connectivity index (χ4n) is 5.18. The maximum absolute atomic E-state index is 13.7. The lowest BCUT2D eigenvalue weighted by Crippen LogP contribution is -2.33. The molecule has 1 heterocycles. The summed E-state index contributed by atoms with van der Waals surface area (Å²) in [7, 11) is 0. The molecule has 1 aliphatic carbocycles. The first kappa shape index (κ1) is 32.4. The second-order valence-corrected chi connectivity index (χ2v) is 11.0. The fraction of sp³-hybridized carbons (Fsp3) is 0.343. The van der Waals surface area contributed by atoms with E-state index in [1.165, 1.54) is 34.9 Å². The quantitative estimate of drug-likeness (QED) is 0.0801. The second-order valence-electron chi connectivity index (χ2n) is 11.0. The Balaban J connectivity index is 1.34. The lowest BCUT2D eigenvalue weighted by molar-refractivity contribution is -0.151. The Morgan fingerprint density at radius 1 is 1.07 bits per heavy atom. The standard InChI is InChI=1S/C35H40FN3O5/c1-23-22-27(16-18-30(23)36)33(41)29-17-19-31(40)39(34(29)37)24(2)14-15-25(3)43-21-9-20-38-32(26-10-5-4-6-11-26)35(42)44-28-12-7-8-13-28/h4-6,10-11,14-19,22,28,32,38H,7-9,12-13,20-21,37H2,1-3H3/b24-14+,25-15+/t32-/m0/s1. The number of allylic oxidation sites excluding steroid dienone is 4. The number of nitrogens with zero attached hydrogens (tertiary/aromatic N) is 1. The normalized spacial score (nSPS) is 14.8. The Morgan fingerprint density at radius 3 is 2.50 bits per heavy atom. The monoisotopic (exact) mass is 601 g/mol. The highest BCUT2D eigenvalue weighted by atomic mass is 19.1. The summed E-state index contributed by atoms with van der Waals surface area (Å²) >= 11 is 0. The van der Waals surface area contributed by atoms with Gasteiger partial charge in [-0.05, 0) is 107 Å². The summed E-state index contributed by atoms with van der Waals surface area (Å²) in [4.78, 5) is 38.7. The number of hydrogen-bond acceptors (Lipinski definition) is 7. The van der Waals surface area contributed by atoms with Crippen molar-refractivity contribution >= 4 is 23.3 Å². The number of rotatable bonds is 13. The number of aryl methyl sites for hydroxylation is 1. The van der Waals surface area contributed by atoms with Gasteiger partial charge in [-0.2, -0.15) is 0 Å². The zero-order valence-corrected chi connectivity index (χ0v) is 25.5. The zero-order valence-electron chi connectivity index (χ0n) is 25.5. The predicted octanol–water partition coefficient (Wildman–Crippen LogP) is 6.10. The van der Waals surface area contributed by atoms with Crippen LogP contribution in [-0.2, 0) is 14.3 Å². The zero-order chi connectivity index (χ0) is 31.6.